The third-order valence-corrected chi connectivity index (χ3v) is 6.31. The molecule has 1 aliphatic rings. The summed E-state index contributed by atoms with van der Waals surface area (Å²) in [5, 5.41) is 11.8. The molecule has 8 heteroatoms. The van der Waals surface area contributed by atoms with Crippen LogP contribution in [0.2, 0.25) is 0 Å². The highest BCUT2D eigenvalue weighted by Gasteiger charge is 2.17. The number of anilines is 1. The number of ether oxygens (including phenoxy) is 1. The Hall–Kier alpha value is -3.26. The van der Waals surface area contributed by atoms with Crippen LogP contribution in [0.25, 0.3) is 0 Å². The zero-order valence-corrected chi connectivity index (χ0v) is 18.9. The smallest absolute Gasteiger partial charge is 0.286 e. The molecular formula is C24H26N4O3S. The first-order valence-electron chi connectivity index (χ1n) is 10.8. The van der Waals surface area contributed by atoms with E-state index in [0.29, 0.717) is 16.3 Å². The van der Waals surface area contributed by atoms with E-state index in [2.05, 4.69) is 15.5 Å². The molecule has 32 heavy (non-hydrogen) atoms. The Balaban J connectivity index is 1.31. The van der Waals surface area contributed by atoms with Crippen LogP contribution in [0.15, 0.2) is 48.5 Å². The highest BCUT2D eigenvalue weighted by Crippen LogP contribution is 2.20. The second-order valence-corrected chi connectivity index (χ2v) is 8.85. The van der Waals surface area contributed by atoms with Crippen molar-refractivity contribution in [3.8, 4) is 5.75 Å². The fourth-order valence-corrected chi connectivity index (χ4v) is 4.24. The van der Waals surface area contributed by atoms with E-state index < -0.39 is 0 Å². The molecule has 1 saturated heterocycles. The molecule has 0 bridgehead atoms. The van der Waals surface area contributed by atoms with Crippen molar-refractivity contribution in [1.82, 2.24) is 15.1 Å². The number of rotatable bonds is 6. The van der Waals surface area contributed by atoms with Gasteiger partial charge in [0.05, 0.1) is 0 Å². The van der Waals surface area contributed by atoms with Gasteiger partial charge in [-0.3, -0.25) is 9.59 Å². The number of para-hydroxylation sites is 1. The Kier molecular flexibility index (Phi) is 7.11. The maximum atomic E-state index is 12.7. The summed E-state index contributed by atoms with van der Waals surface area (Å²) >= 11 is 1.19. The topological polar surface area (TPSA) is 84.4 Å². The van der Waals surface area contributed by atoms with Gasteiger partial charge in [-0.05, 0) is 55.7 Å². The van der Waals surface area contributed by atoms with E-state index in [4.69, 9.17) is 4.74 Å². The monoisotopic (exact) mass is 450 g/mol. The number of nitrogens with zero attached hydrogens (tertiary/aromatic N) is 3. The summed E-state index contributed by atoms with van der Waals surface area (Å²) in [7, 11) is 0. The molecule has 1 aromatic heterocycles. The first-order chi connectivity index (χ1) is 15.6. The van der Waals surface area contributed by atoms with E-state index in [9.17, 15) is 9.59 Å². The Labute approximate surface area is 191 Å². The Bertz CT molecular complexity index is 1070. The average Bonchev–Trinajstić information content (AvgIpc) is 3.13. The molecule has 2 amide bonds. The van der Waals surface area contributed by atoms with Crippen molar-refractivity contribution in [2.24, 2.45) is 0 Å². The summed E-state index contributed by atoms with van der Waals surface area (Å²) in [5.74, 6) is 0.421. The normalized spacial score (nSPS) is 14.0. The third kappa shape index (κ3) is 5.50. The van der Waals surface area contributed by atoms with Crippen molar-refractivity contribution in [1.29, 1.82) is 0 Å². The van der Waals surface area contributed by atoms with Crippen LogP contribution in [0, 0.1) is 6.92 Å². The fourth-order valence-electron chi connectivity index (χ4n) is 3.59. The van der Waals surface area contributed by atoms with Crippen LogP contribution in [-0.4, -0.2) is 40.0 Å². The summed E-state index contributed by atoms with van der Waals surface area (Å²) in [6.07, 6.45) is 4.52. The summed E-state index contributed by atoms with van der Waals surface area (Å²) in [5.41, 5.74) is 2.40. The van der Waals surface area contributed by atoms with Crippen LogP contribution in [0.5, 0.6) is 5.75 Å². The highest BCUT2D eigenvalue weighted by molar-refractivity contribution is 7.13. The molecule has 1 aliphatic heterocycles. The van der Waals surface area contributed by atoms with Gasteiger partial charge in [0, 0.05) is 24.3 Å². The number of aromatic nitrogens is 2. The molecule has 1 fully saturated rings. The van der Waals surface area contributed by atoms with Crippen LogP contribution >= 0.6 is 11.3 Å². The first-order valence-corrected chi connectivity index (χ1v) is 11.6. The van der Waals surface area contributed by atoms with Gasteiger partial charge in [0.25, 0.3) is 11.8 Å². The standard InChI is InChI=1S/C24H26N4O3S/c1-17-8-4-5-9-20(17)25-22(29)23-27-26-21(32-23)16-31-19-12-10-18(11-13-19)24(30)28-14-6-2-3-7-15-28/h4-5,8-13H,2-3,6-7,14-16H2,1H3,(H,25,29). The van der Waals surface area contributed by atoms with Gasteiger partial charge in [-0.25, -0.2) is 0 Å². The maximum Gasteiger partial charge on any atom is 0.286 e. The number of benzene rings is 2. The van der Waals surface area contributed by atoms with E-state index in [0.717, 1.165) is 37.2 Å². The zero-order valence-electron chi connectivity index (χ0n) is 18.0. The lowest BCUT2D eigenvalue weighted by Crippen LogP contribution is -2.31. The Morgan fingerprint density at radius 1 is 1.00 bits per heavy atom. The van der Waals surface area contributed by atoms with Crippen LogP contribution in [0.3, 0.4) is 0 Å². The highest BCUT2D eigenvalue weighted by atomic mass is 32.1. The van der Waals surface area contributed by atoms with Crippen molar-refractivity contribution in [2.75, 3.05) is 18.4 Å². The summed E-state index contributed by atoms with van der Waals surface area (Å²) in [4.78, 5) is 27.1. The quantitative estimate of drug-likeness (QED) is 0.589. The number of nitrogens with one attached hydrogen (secondary N) is 1. The summed E-state index contributed by atoms with van der Waals surface area (Å²) in [6.45, 7) is 3.79. The van der Waals surface area contributed by atoms with Gasteiger partial charge in [0.2, 0.25) is 5.01 Å². The molecule has 3 aromatic rings. The molecule has 0 aliphatic carbocycles. The van der Waals surface area contributed by atoms with E-state index in [1.54, 1.807) is 24.3 Å². The minimum Gasteiger partial charge on any atom is -0.486 e. The molecular weight excluding hydrogens is 424 g/mol. The zero-order chi connectivity index (χ0) is 22.3. The van der Waals surface area contributed by atoms with Crippen molar-refractivity contribution >= 4 is 28.8 Å². The molecule has 0 unspecified atom stereocenters. The number of carbonyl (C=O) groups is 2. The molecule has 2 heterocycles. The van der Waals surface area contributed by atoms with Gasteiger partial charge in [-0.15, -0.1) is 10.2 Å². The average molecular weight is 451 g/mol. The third-order valence-electron chi connectivity index (χ3n) is 5.41. The number of aryl methyl sites for hydroxylation is 1. The minimum atomic E-state index is -0.292. The number of hydrogen-bond donors (Lipinski definition) is 1. The van der Waals surface area contributed by atoms with E-state index >= 15 is 0 Å². The molecule has 166 valence electrons. The summed E-state index contributed by atoms with van der Waals surface area (Å²) < 4.78 is 5.77. The van der Waals surface area contributed by atoms with E-state index in [1.165, 1.54) is 24.2 Å². The van der Waals surface area contributed by atoms with Gasteiger partial charge in [0.1, 0.15) is 12.4 Å². The SMILES string of the molecule is Cc1ccccc1NC(=O)c1nnc(COc2ccc(C(=O)N3CCCCCC3)cc2)s1. The van der Waals surface area contributed by atoms with E-state index in [1.807, 2.05) is 36.1 Å². The molecule has 4 rings (SSSR count). The number of amides is 2. The second-order valence-electron chi connectivity index (χ2n) is 7.79. The van der Waals surface area contributed by atoms with Crippen molar-refractivity contribution in [3.05, 3.63) is 69.7 Å². The lowest BCUT2D eigenvalue weighted by molar-refractivity contribution is 0.0761. The molecule has 0 atom stereocenters. The fraction of sp³-hybridized carbons (Fsp3) is 0.333. The van der Waals surface area contributed by atoms with Gasteiger partial charge in [-0.2, -0.15) is 0 Å². The lowest BCUT2D eigenvalue weighted by atomic mass is 10.2. The molecule has 0 saturated carbocycles. The van der Waals surface area contributed by atoms with Gasteiger partial charge >= 0.3 is 0 Å². The molecule has 2 aromatic carbocycles. The molecule has 0 spiro atoms. The van der Waals surface area contributed by atoms with Crippen molar-refractivity contribution < 1.29 is 14.3 Å². The predicted molar refractivity (Wildman–Crippen MR) is 124 cm³/mol. The number of likely N-dealkylation sites (tertiary alicyclic amines) is 1. The Morgan fingerprint density at radius 3 is 2.44 bits per heavy atom. The van der Waals surface area contributed by atoms with Crippen molar-refractivity contribution in [2.45, 2.75) is 39.2 Å². The Morgan fingerprint density at radius 2 is 1.72 bits per heavy atom. The lowest BCUT2D eigenvalue weighted by Gasteiger charge is -2.20. The number of hydrogen-bond acceptors (Lipinski definition) is 6. The van der Waals surface area contributed by atoms with Crippen LogP contribution in [0.1, 0.15) is 56.4 Å². The van der Waals surface area contributed by atoms with Crippen LogP contribution in [-0.2, 0) is 6.61 Å². The predicted octanol–water partition coefficient (Wildman–Crippen LogP) is 4.69. The molecule has 7 nitrogen and oxygen atoms in total. The molecule has 0 radical (unpaired) electrons. The minimum absolute atomic E-state index is 0.0758. The van der Waals surface area contributed by atoms with Crippen molar-refractivity contribution in [3.63, 3.8) is 0 Å². The number of carbonyl (C=O) groups excluding carboxylic acids is 2. The first kappa shape index (κ1) is 22.0. The maximum absolute atomic E-state index is 12.7. The van der Waals surface area contributed by atoms with Gasteiger partial charge in [-0.1, -0.05) is 42.4 Å². The summed E-state index contributed by atoms with van der Waals surface area (Å²) in [6, 6.07) is 14.7. The van der Waals surface area contributed by atoms with Crippen LogP contribution < -0.4 is 10.1 Å². The van der Waals surface area contributed by atoms with E-state index in [-0.39, 0.29) is 23.4 Å². The molecule has 1 N–H and O–H groups in total. The van der Waals surface area contributed by atoms with Crippen LogP contribution in [0.4, 0.5) is 5.69 Å². The largest absolute Gasteiger partial charge is 0.486 e. The van der Waals surface area contributed by atoms with Gasteiger partial charge < -0.3 is 15.0 Å². The van der Waals surface area contributed by atoms with Gasteiger partial charge in [0.15, 0.2) is 5.01 Å². The second kappa shape index (κ2) is 10.4.